The smallest absolute Gasteiger partial charge is 0.264 e. The lowest BCUT2D eigenvalue weighted by Crippen LogP contribution is -2.38. The Bertz CT molecular complexity index is 493. The Morgan fingerprint density at radius 1 is 1.28 bits per heavy atom. The number of hydrogen-bond acceptors (Lipinski definition) is 6. The number of aromatic nitrogens is 2. The molecule has 0 amide bonds. The van der Waals surface area contributed by atoms with Crippen molar-refractivity contribution in [1.82, 2.24) is 9.97 Å². The van der Waals surface area contributed by atoms with Gasteiger partial charge in [0, 0.05) is 25.5 Å². The van der Waals surface area contributed by atoms with E-state index in [1.54, 1.807) is 12.4 Å². The zero-order valence-electron chi connectivity index (χ0n) is 10.5. The van der Waals surface area contributed by atoms with Gasteiger partial charge < -0.3 is 4.90 Å². The van der Waals surface area contributed by atoms with Gasteiger partial charge in [-0.05, 0) is 25.3 Å². The van der Waals surface area contributed by atoms with Gasteiger partial charge in [0.25, 0.3) is 10.1 Å². The van der Waals surface area contributed by atoms with Gasteiger partial charge in [0.15, 0.2) is 0 Å². The molecular weight excluding hydrogens is 254 g/mol. The molecule has 1 aliphatic rings. The largest absolute Gasteiger partial charge is 0.341 e. The van der Waals surface area contributed by atoms with Crippen LogP contribution in [0.25, 0.3) is 0 Å². The summed E-state index contributed by atoms with van der Waals surface area (Å²) in [5.41, 5.74) is 1.02. The van der Waals surface area contributed by atoms with E-state index in [-0.39, 0.29) is 6.10 Å². The molecule has 1 aromatic heterocycles. The van der Waals surface area contributed by atoms with Gasteiger partial charge in [-0.3, -0.25) is 4.18 Å². The van der Waals surface area contributed by atoms with Crippen LogP contribution in [-0.2, 0) is 14.3 Å². The summed E-state index contributed by atoms with van der Waals surface area (Å²) in [6.45, 7) is 3.36. The summed E-state index contributed by atoms with van der Waals surface area (Å²) < 4.78 is 27.0. The van der Waals surface area contributed by atoms with Gasteiger partial charge in [-0.1, -0.05) is 0 Å². The van der Waals surface area contributed by atoms with Crippen molar-refractivity contribution in [2.75, 3.05) is 24.2 Å². The summed E-state index contributed by atoms with van der Waals surface area (Å²) >= 11 is 0. The van der Waals surface area contributed by atoms with Crippen molar-refractivity contribution >= 4 is 16.1 Å². The van der Waals surface area contributed by atoms with Crippen LogP contribution in [0.4, 0.5) is 5.95 Å². The Balaban J connectivity index is 1.92. The average molecular weight is 271 g/mol. The normalized spacial score (nSPS) is 18.0. The highest BCUT2D eigenvalue weighted by atomic mass is 32.2. The molecule has 0 bridgehead atoms. The van der Waals surface area contributed by atoms with Crippen LogP contribution in [-0.4, -0.2) is 43.8 Å². The lowest BCUT2D eigenvalue weighted by atomic mass is 10.1. The van der Waals surface area contributed by atoms with E-state index in [9.17, 15) is 8.42 Å². The first-order chi connectivity index (χ1) is 8.44. The summed E-state index contributed by atoms with van der Waals surface area (Å²) in [4.78, 5) is 10.6. The molecule has 0 atom stereocenters. The van der Waals surface area contributed by atoms with Crippen molar-refractivity contribution in [2.24, 2.45) is 0 Å². The van der Waals surface area contributed by atoms with E-state index in [1.807, 2.05) is 11.8 Å². The second kappa shape index (κ2) is 5.19. The molecule has 1 aliphatic heterocycles. The molecule has 100 valence electrons. The third kappa shape index (κ3) is 3.64. The number of aryl methyl sites for hydroxylation is 1. The van der Waals surface area contributed by atoms with Crippen molar-refractivity contribution in [3.05, 3.63) is 18.0 Å². The Morgan fingerprint density at radius 3 is 2.33 bits per heavy atom. The maximum Gasteiger partial charge on any atom is 0.264 e. The highest BCUT2D eigenvalue weighted by Gasteiger charge is 2.24. The van der Waals surface area contributed by atoms with Crippen molar-refractivity contribution in [3.8, 4) is 0 Å². The highest BCUT2D eigenvalue weighted by molar-refractivity contribution is 7.86. The van der Waals surface area contributed by atoms with Crippen LogP contribution in [0.15, 0.2) is 12.4 Å². The fourth-order valence-electron chi connectivity index (χ4n) is 1.95. The van der Waals surface area contributed by atoms with Gasteiger partial charge >= 0.3 is 0 Å². The van der Waals surface area contributed by atoms with Crippen molar-refractivity contribution in [3.63, 3.8) is 0 Å². The molecule has 0 radical (unpaired) electrons. The molecule has 18 heavy (non-hydrogen) atoms. The topological polar surface area (TPSA) is 72.4 Å². The van der Waals surface area contributed by atoms with Gasteiger partial charge in [0.1, 0.15) is 0 Å². The lowest BCUT2D eigenvalue weighted by Gasteiger charge is -2.31. The van der Waals surface area contributed by atoms with E-state index in [0.29, 0.717) is 31.9 Å². The minimum atomic E-state index is -3.36. The molecule has 0 unspecified atom stereocenters. The van der Waals surface area contributed by atoms with Crippen LogP contribution < -0.4 is 4.90 Å². The van der Waals surface area contributed by atoms with E-state index in [2.05, 4.69) is 9.97 Å². The van der Waals surface area contributed by atoms with Gasteiger partial charge in [0.05, 0.1) is 12.4 Å². The maximum atomic E-state index is 11.0. The molecule has 1 aromatic rings. The Kier molecular flexibility index (Phi) is 3.82. The summed E-state index contributed by atoms with van der Waals surface area (Å²) in [6, 6.07) is 0. The van der Waals surface area contributed by atoms with Crippen LogP contribution >= 0.6 is 0 Å². The molecule has 2 heterocycles. The lowest BCUT2D eigenvalue weighted by molar-refractivity contribution is 0.179. The molecule has 1 fully saturated rings. The van der Waals surface area contributed by atoms with Crippen molar-refractivity contribution in [2.45, 2.75) is 25.9 Å². The molecule has 0 aromatic carbocycles. The van der Waals surface area contributed by atoms with Gasteiger partial charge in [0.2, 0.25) is 5.95 Å². The van der Waals surface area contributed by atoms with Crippen LogP contribution in [0.3, 0.4) is 0 Å². The minimum absolute atomic E-state index is 0.221. The van der Waals surface area contributed by atoms with Crippen LogP contribution in [0.1, 0.15) is 18.4 Å². The highest BCUT2D eigenvalue weighted by Crippen LogP contribution is 2.18. The fraction of sp³-hybridized carbons (Fsp3) is 0.636. The SMILES string of the molecule is Cc1cnc(N2CCC(OS(C)(=O)=O)CC2)nc1. The van der Waals surface area contributed by atoms with E-state index in [4.69, 9.17) is 4.18 Å². The first kappa shape index (κ1) is 13.2. The maximum absolute atomic E-state index is 11.0. The minimum Gasteiger partial charge on any atom is -0.341 e. The number of rotatable bonds is 3. The molecule has 0 spiro atoms. The zero-order chi connectivity index (χ0) is 13.2. The predicted molar refractivity (Wildman–Crippen MR) is 67.9 cm³/mol. The van der Waals surface area contributed by atoms with E-state index >= 15 is 0 Å². The van der Waals surface area contributed by atoms with Gasteiger partial charge in [-0.15, -0.1) is 0 Å². The molecular formula is C11H17N3O3S. The van der Waals surface area contributed by atoms with Crippen LogP contribution in [0.5, 0.6) is 0 Å². The Labute approximate surface area is 107 Å². The average Bonchev–Trinajstić information content (AvgIpc) is 2.29. The van der Waals surface area contributed by atoms with Crippen molar-refractivity contribution < 1.29 is 12.6 Å². The summed E-state index contributed by atoms with van der Waals surface area (Å²) in [5.74, 6) is 0.693. The molecule has 0 saturated carbocycles. The molecule has 7 heteroatoms. The first-order valence-corrected chi connectivity index (χ1v) is 7.67. The number of hydrogen-bond donors (Lipinski definition) is 0. The van der Waals surface area contributed by atoms with Crippen LogP contribution in [0.2, 0.25) is 0 Å². The van der Waals surface area contributed by atoms with E-state index in [0.717, 1.165) is 11.8 Å². The molecule has 0 aliphatic carbocycles. The van der Waals surface area contributed by atoms with E-state index in [1.165, 1.54) is 0 Å². The molecule has 0 N–H and O–H groups in total. The van der Waals surface area contributed by atoms with Crippen LogP contribution in [0, 0.1) is 6.92 Å². The zero-order valence-corrected chi connectivity index (χ0v) is 11.4. The fourth-order valence-corrected chi connectivity index (χ4v) is 2.64. The molecule has 1 saturated heterocycles. The number of anilines is 1. The second-order valence-electron chi connectivity index (χ2n) is 4.55. The standard InChI is InChI=1S/C11H17N3O3S/c1-9-7-12-11(13-8-9)14-5-3-10(4-6-14)17-18(2,15)16/h7-8,10H,3-6H2,1-2H3. The molecule has 2 rings (SSSR count). The quantitative estimate of drug-likeness (QED) is 0.755. The summed E-state index contributed by atoms with van der Waals surface area (Å²) in [7, 11) is -3.36. The van der Waals surface area contributed by atoms with E-state index < -0.39 is 10.1 Å². The monoisotopic (exact) mass is 271 g/mol. The van der Waals surface area contributed by atoms with Gasteiger partial charge in [-0.25, -0.2) is 9.97 Å². The predicted octanol–water partition coefficient (Wildman–Crippen LogP) is 0.730. The third-order valence-electron chi connectivity index (χ3n) is 2.80. The Hall–Kier alpha value is -1.21. The summed E-state index contributed by atoms with van der Waals surface area (Å²) in [6.07, 6.45) is 5.77. The summed E-state index contributed by atoms with van der Waals surface area (Å²) in [5, 5.41) is 0. The third-order valence-corrected chi connectivity index (χ3v) is 3.42. The first-order valence-electron chi connectivity index (χ1n) is 5.86. The Morgan fingerprint density at radius 2 is 1.83 bits per heavy atom. The molecule has 6 nitrogen and oxygen atoms in total. The number of piperidine rings is 1. The number of nitrogens with zero attached hydrogens (tertiary/aromatic N) is 3. The van der Waals surface area contributed by atoms with Gasteiger partial charge in [-0.2, -0.15) is 8.42 Å². The van der Waals surface area contributed by atoms with Crippen molar-refractivity contribution in [1.29, 1.82) is 0 Å². The second-order valence-corrected chi connectivity index (χ2v) is 6.15.